The van der Waals surface area contributed by atoms with Crippen LogP contribution in [0.4, 0.5) is 5.69 Å². The first-order valence-corrected chi connectivity index (χ1v) is 10.8. The lowest BCUT2D eigenvalue weighted by atomic mass is 10.3. The number of benzene rings is 1. The number of anilines is 1. The van der Waals surface area contributed by atoms with Crippen LogP contribution in [-0.2, 0) is 14.6 Å². The van der Waals surface area contributed by atoms with E-state index in [-0.39, 0.29) is 53.9 Å². The highest BCUT2D eigenvalue weighted by atomic mass is 127. The molecule has 0 bridgehead atoms. The van der Waals surface area contributed by atoms with Crippen molar-refractivity contribution in [2.75, 3.05) is 29.9 Å². The quantitative estimate of drug-likeness (QED) is 0.282. The van der Waals surface area contributed by atoms with Gasteiger partial charge in [0.2, 0.25) is 5.91 Å². The van der Waals surface area contributed by atoms with E-state index < -0.39 is 9.84 Å². The highest BCUT2D eigenvalue weighted by molar-refractivity contribution is 14.0. The molecule has 1 aliphatic heterocycles. The minimum atomic E-state index is -2.94. The highest BCUT2D eigenvalue weighted by Gasteiger charge is 2.28. The summed E-state index contributed by atoms with van der Waals surface area (Å²) in [6.45, 7) is 2.91. The first kappa shape index (κ1) is 23.2. The molecule has 0 radical (unpaired) electrons. The Morgan fingerprint density at radius 3 is 2.58 bits per heavy atom. The summed E-state index contributed by atoms with van der Waals surface area (Å²) in [5.41, 5.74) is 0.735. The van der Waals surface area contributed by atoms with Gasteiger partial charge in [-0.1, -0.05) is 15.9 Å². The van der Waals surface area contributed by atoms with Gasteiger partial charge in [0.15, 0.2) is 15.8 Å². The molecule has 1 aromatic carbocycles. The van der Waals surface area contributed by atoms with Crippen molar-refractivity contribution in [3.63, 3.8) is 0 Å². The van der Waals surface area contributed by atoms with Crippen molar-refractivity contribution in [2.45, 2.75) is 25.8 Å². The number of amides is 1. The molecule has 1 unspecified atom stereocenters. The third-order valence-corrected chi connectivity index (χ3v) is 5.95. The van der Waals surface area contributed by atoms with E-state index in [0.717, 1.165) is 10.2 Å². The minimum Gasteiger partial charge on any atom is -0.357 e. The predicted octanol–water partition coefficient (Wildman–Crippen LogP) is 2.14. The Morgan fingerprint density at radius 1 is 1.31 bits per heavy atom. The fraction of sp³-hybridized carbons (Fsp3) is 0.500. The van der Waals surface area contributed by atoms with Crippen molar-refractivity contribution < 1.29 is 13.2 Å². The van der Waals surface area contributed by atoms with Crippen molar-refractivity contribution in [1.29, 1.82) is 0 Å². The molecule has 1 atom stereocenters. The lowest BCUT2D eigenvalue weighted by Gasteiger charge is -2.15. The lowest BCUT2D eigenvalue weighted by Crippen LogP contribution is -2.44. The number of hydrogen-bond acceptors (Lipinski definition) is 4. The van der Waals surface area contributed by atoms with E-state index in [4.69, 9.17) is 0 Å². The van der Waals surface area contributed by atoms with Crippen LogP contribution >= 0.6 is 39.9 Å². The Bertz CT molecular complexity index is 726. The van der Waals surface area contributed by atoms with Crippen LogP contribution in [0.25, 0.3) is 0 Å². The van der Waals surface area contributed by atoms with Crippen LogP contribution in [0, 0.1) is 0 Å². The van der Waals surface area contributed by atoms with Gasteiger partial charge in [-0.3, -0.25) is 9.79 Å². The van der Waals surface area contributed by atoms with Crippen LogP contribution in [0.15, 0.2) is 33.7 Å². The van der Waals surface area contributed by atoms with E-state index in [0.29, 0.717) is 25.5 Å². The molecule has 3 N–H and O–H groups in total. The molecule has 2 rings (SSSR count). The van der Waals surface area contributed by atoms with Gasteiger partial charge in [0.05, 0.1) is 18.1 Å². The molecule has 0 aliphatic carbocycles. The van der Waals surface area contributed by atoms with Crippen LogP contribution < -0.4 is 16.0 Å². The third kappa shape index (κ3) is 8.21. The molecular weight excluding hydrogens is 535 g/mol. The fourth-order valence-electron chi connectivity index (χ4n) is 2.45. The average Bonchev–Trinajstić information content (AvgIpc) is 2.88. The molecule has 1 saturated heterocycles. The van der Waals surface area contributed by atoms with Crippen LogP contribution in [0.2, 0.25) is 0 Å². The summed E-state index contributed by atoms with van der Waals surface area (Å²) in [6, 6.07) is 7.22. The summed E-state index contributed by atoms with van der Waals surface area (Å²) >= 11 is 3.34. The van der Waals surface area contributed by atoms with E-state index >= 15 is 0 Å². The molecule has 1 aliphatic rings. The van der Waals surface area contributed by atoms with E-state index in [1.54, 1.807) is 0 Å². The normalized spacial score (nSPS) is 18.7. The van der Waals surface area contributed by atoms with Gasteiger partial charge < -0.3 is 16.0 Å². The van der Waals surface area contributed by atoms with E-state index in [1.807, 2.05) is 31.2 Å². The molecule has 10 heteroatoms. The topological polar surface area (TPSA) is 99.7 Å². The summed E-state index contributed by atoms with van der Waals surface area (Å²) in [4.78, 5) is 16.3. The van der Waals surface area contributed by atoms with Crippen molar-refractivity contribution in [2.24, 2.45) is 4.99 Å². The Labute approximate surface area is 179 Å². The van der Waals surface area contributed by atoms with Crippen molar-refractivity contribution in [1.82, 2.24) is 10.6 Å². The molecule has 0 aromatic heterocycles. The molecule has 146 valence electrons. The molecule has 7 nitrogen and oxygen atoms in total. The maximum absolute atomic E-state index is 12.0. The first-order valence-electron chi connectivity index (χ1n) is 8.18. The molecular formula is C16H24BrIN4O3S. The smallest absolute Gasteiger partial charge is 0.226 e. The van der Waals surface area contributed by atoms with Gasteiger partial charge in [0.25, 0.3) is 0 Å². The number of carbonyl (C=O) groups excluding carboxylic acids is 1. The van der Waals surface area contributed by atoms with Crippen molar-refractivity contribution in [3.8, 4) is 0 Å². The van der Waals surface area contributed by atoms with E-state index in [2.05, 4.69) is 36.9 Å². The lowest BCUT2D eigenvalue weighted by molar-refractivity contribution is -0.116. The fourth-order valence-corrected chi connectivity index (χ4v) is 4.39. The van der Waals surface area contributed by atoms with Gasteiger partial charge >= 0.3 is 0 Å². The molecule has 1 fully saturated rings. The summed E-state index contributed by atoms with van der Waals surface area (Å²) in [5.74, 6) is 0.757. The third-order valence-electron chi connectivity index (χ3n) is 3.65. The number of sulfone groups is 1. The second-order valence-corrected chi connectivity index (χ2v) is 8.95. The van der Waals surface area contributed by atoms with Gasteiger partial charge in [-0.2, -0.15) is 0 Å². The van der Waals surface area contributed by atoms with E-state index in [9.17, 15) is 13.2 Å². The summed E-state index contributed by atoms with van der Waals surface area (Å²) in [7, 11) is -2.94. The zero-order valence-electron chi connectivity index (χ0n) is 14.5. The monoisotopic (exact) mass is 558 g/mol. The number of guanidine groups is 1. The minimum absolute atomic E-state index is 0. The Hall–Kier alpha value is -0.880. The Balaban J connectivity index is 0.00000338. The molecule has 1 aromatic rings. The zero-order chi connectivity index (χ0) is 18.3. The maximum atomic E-state index is 12.0. The largest absolute Gasteiger partial charge is 0.357 e. The predicted molar refractivity (Wildman–Crippen MR) is 119 cm³/mol. The van der Waals surface area contributed by atoms with Crippen LogP contribution in [-0.4, -0.2) is 50.9 Å². The number of halogens is 2. The second kappa shape index (κ2) is 11.1. The van der Waals surface area contributed by atoms with Gasteiger partial charge in [0.1, 0.15) is 0 Å². The molecule has 1 amide bonds. The molecule has 0 spiro atoms. The summed E-state index contributed by atoms with van der Waals surface area (Å²) in [6.07, 6.45) is 0.826. The van der Waals surface area contributed by atoms with Crippen LogP contribution in [0.5, 0.6) is 0 Å². The van der Waals surface area contributed by atoms with Crippen molar-refractivity contribution in [3.05, 3.63) is 28.7 Å². The molecule has 26 heavy (non-hydrogen) atoms. The maximum Gasteiger partial charge on any atom is 0.226 e. The Morgan fingerprint density at radius 2 is 2.00 bits per heavy atom. The number of rotatable bonds is 6. The van der Waals surface area contributed by atoms with Gasteiger partial charge in [-0.25, -0.2) is 8.42 Å². The van der Waals surface area contributed by atoms with Gasteiger partial charge in [-0.05, 0) is 37.6 Å². The summed E-state index contributed by atoms with van der Waals surface area (Å²) < 4.78 is 24.0. The van der Waals surface area contributed by atoms with Gasteiger partial charge in [-0.15, -0.1) is 24.0 Å². The number of nitrogens with zero attached hydrogens (tertiary/aromatic N) is 1. The number of aliphatic imine (C=N–C) groups is 1. The van der Waals surface area contributed by atoms with E-state index in [1.165, 1.54) is 0 Å². The zero-order valence-corrected chi connectivity index (χ0v) is 19.2. The number of hydrogen-bond donors (Lipinski definition) is 3. The Kier molecular flexibility index (Phi) is 9.86. The highest BCUT2D eigenvalue weighted by Crippen LogP contribution is 2.14. The number of carbonyl (C=O) groups is 1. The van der Waals surface area contributed by atoms with Crippen LogP contribution in [0.3, 0.4) is 0 Å². The SMILES string of the molecule is CCNC(=NCCC(=O)Nc1ccc(Br)cc1)NC1CCS(=O)(=O)C1.I. The standard InChI is InChI=1S/C16H23BrN4O3S.HI/c1-2-18-16(21-14-8-10-25(23,24)11-14)19-9-7-15(22)20-13-5-3-12(17)4-6-13;/h3-6,14H,2,7-11H2,1H3,(H,20,22)(H2,18,19,21);1H. The van der Waals surface area contributed by atoms with Crippen molar-refractivity contribution >= 4 is 67.3 Å². The first-order chi connectivity index (χ1) is 11.9. The molecule has 1 heterocycles. The second-order valence-electron chi connectivity index (χ2n) is 5.81. The molecule has 0 saturated carbocycles. The van der Waals surface area contributed by atoms with Crippen LogP contribution in [0.1, 0.15) is 19.8 Å². The van der Waals surface area contributed by atoms with Gasteiger partial charge in [0, 0.05) is 29.2 Å². The number of nitrogens with one attached hydrogen (secondary N) is 3. The average molecular weight is 559 g/mol. The summed E-state index contributed by atoms with van der Waals surface area (Å²) in [5, 5.41) is 9.01.